The first-order chi connectivity index (χ1) is 4.72. The van der Waals surface area contributed by atoms with Crippen LogP contribution in [-0.2, 0) is 0 Å². The Kier molecular flexibility index (Phi) is 2.56. The Morgan fingerprint density at radius 2 is 2.10 bits per heavy atom. The van der Waals surface area contributed by atoms with E-state index >= 15 is 0 Å². The van der Waals surface area contributed by atoms with Gasteiger partial charge in [0.25, 0.3) is 6.43 Å². The molecule has 1 rings (SSSR count). The maximum absolute atomic E-state index is 11.7. The Morgan fingerprint density at radius 1 is 1.50 bits per heavy atom. The SMILES string of the molecule is NCC1CN(CC(F)F)C1. The van der Waals surface area contributed by atoms with Crippen molar-refractivity contribution in [3.05, 3.63) is 0 Å². The molecule has 0 atom stereocenters. The molecule has 0 radical (unpaired) electrons. The van der Waals surface area contributed by atoms with Crippen LogP contribution in [0.25, 0.3) is 0 Å². The second-order valence-corrected chi connectivity index (χ2v) is 2.71. The molecule has 2 N–H and O–H groups in total. The first-order valence-electron chi connectivity index (χ1n) is 3.43. The van der Waals surface area contributed by atoms with Crippen LogP contribution in [0.1, 0.15) is 0 Å². The minimum atomic E-state index is -2.20. The van der Waals surface area contributed by atoms with Gasteiger partial charge < -0.3 is 5.73 Å². The van der Waals surface area contributed by atoms with Crippen molar-refractivity contribution in [3.63, 3.8) is 0 Å². The van der Waals surface area contributed by atoms with Crippen LogP contribution in [0, 0.1) is 5.92 Å². The van der Waals surface area contributed by atoms with Crippen molar-refractivity contribution in [2.75, 3.05) is 26.2 Å². The largest absolute Gasteiger partial charge is 0.330 e. The van der Waals surface area contributed by atoms with Gasteiger partial charge in [0.15, 0.2) is 0 Å². The van der Waals surface area contributed by atoms with Gasteiger partial charge in [0.1, 0.15) is 0 Å². The molecule has 10 heavy (non-hydrogen) atoms. The van der Waals surface area contributed by atoms with E-state index < -0.39 is 6.43 Å². The maximum Gasteiger partial charge on any atom is 0.251 e. The highest BCUT2D eigenvalue weighted by molar-refractivity contribution is 4.80. The Balaban J connectivity index is 2.03. The van der Waals surface area contributed by atoms with Crippen molar-refractivity contribution >= 4 is 0 Å². The summed E-state index contributed by atoms with van der Waals surface area (Å²) in [5.74, 6) is 0.457. The molecule has 1 heterocycles. The van der Waals surface area contributed by atoms with Crippen molar-refractivity contribution in [3.8, 4) is 0 Å². The van der Waals surface area contributed by atoms with Gasteiger partial charge in [-0.15, -0.1) is 0 Å². The van der Waals surface area contributed by atoms with E-state index in [0.29, 0.717) is 12.5 Å². The third-order valence-electron chi connectivity index (χ3n) is 1.76. The lowest BCUT2D eigenvalue weighted by molar-refractivity contribution is 0.0280. The Bertz CT molecular complexity index is 102. The topological polar surface area (TPSA) is 29.3 Å². The van der Waals surface area contributed by atoms with Gasteiger partial charge in [0.05, 0.1) is 6.54 Å². The second-order valence-electron chi connectivity index (χ2n) is 2.71. The number of nitrogens with two attached hydrogens (primary N) is 1. The molecule has 0 bridgehead atoms. The summed E-state index contributed by atoms with van der Waals surface area (Å²) in [6.45, 7) is 2.04. The predicted octanol–water partition coefficient (Wildman–Crippen LogP) is 0.142. The minimum absolute atomic E-state index is 0.0868. The standard InChI is InChI=1S/C6H12F2N2/c7-6(8)4-10-2-5(1-9)3-10/h5-6H,1-4,9H2. The molecule has 4 heteroatoms. The highest BCUT2D eigenvalue weighted by Gasteiger charge is 2.26. The van der Waals surface area contributed by atoms with Gasteiger partial charge in [-0.3, -0.25) is 4.90 Å². The van der Waals surface area contributed by atoms with Crippen LogP contribution >= 0.6 is 0 Å². The Labute approximate surface area is 59.0 Å². The molecule has 1 fully saturated rings. The first-order valence-corrected chi connectivity index (χ1v) is 3.43. The molecule has 0 aromatic heterocycles. The zero-order valence-electron chi connectivity index (χ0n) is 5.76. The maximum atomic E-state index is 11.7. The monoisotopic (exact) mass is 150 g/mol. The molecular weight excluding hydrogens is 138 g/mol. The number of hydrogen-bond acceptors (Lipinski definition) is 2. The zero-order valence-corrected chi connectivity index (χ0v) is 5.76. The summed E-state index contributed by atoms with van der Waals surface area (Å²) < 4.78 is 23.3. The average molecular weight is 150 g/mol. The Hall–Kier alpha value is -0.220. The van der Waals surface area contributed by atoms with Gasteiger partial charge in [-0.25, -0.2) is 8.78 Å². The predicted molar refractivity (Wildman–Crippen MR) is 35.0 cm³/mol. The van der Waals surface area contributed by atoms with Crippen molar-refractivity contribution in [1.82, 2.24) is 4.90 Å². The lowest BCUT2D eigenvalue weighted by atomic mass is 10.0. The normalized spacial score (nSPS) is 21.6. The summed E-state index contributed by atoms with van der Waals surface area (Å²) in [5.41, 5.74) is 5.31. The molecule has 0 spiro atoms. The Morgan fingerprint density at radius 3 is 2.50 bits per heavy atom. The summed E-state index contributed by atoms with van der Waals surface area (Å²) in [6.07, 6.45) is -2.20. The molecule has 1 aliphatic heterocycles. The van der Waals surface area contributed by atoms with Crippen LogP contribution in [0.4, 0.5) is 8.78 Å². The number of rotatable bonds is 3. The summed E-state index contributed by atoms with van der Waals surface area (Å²) in [5, 5.41) is 0. The first kappa shape index (κ1) is 7.88. The van der Waals surface area contributed by atoms with Crippen molar-refractivity contribution in [1.29, 1.82) is 0 Å². The molecule has 0 aromatic carbocycles. The number of nitrogens with zero attached hydrogens (tertiary/aromatic N) is 1. The fourth-order valence-corrected chi connectivity index (χ4v) is 1.17. The van der Waals surface area contributed by atoms with E-state index in [-0.39, 0.29) is 6.54 Å². The molecule has 0 unspecified atom stereocenters. The molecule has 1 saturated heterocycles. The number of halogens is 2. The third kappa shape index (κ3) is 1.88. The summed E-state index contributed by atoms with van der Waals surface area (Å²) >= 11 is 0. The van der Waals surface area contributed by atoms with Gasteiger partial charge in [-0.05, 0) is 12.5 Å². The molecule has 0 amide bonds. The molecule has 60 valence electrons. The van der Waals surface area contributed by atoms with Gasteiger partial charge in [0, 0.05) is 13.1 Å². The lowest BCUT2D eigenvalue weighted by Gasteiger charge is -2.38. The van der Waals surface area contributed by atoms with Crippen molar-refractivity contribution < 1.29 is 8.78 Å². The van der Waals surface area contributed by atoms with E-state index in [9.17, 15) is 8.78 Å². The highest BCUT2D eigenvalue weighted by Crippen LogP contribution is 2.14. The van der Waals surface area contributed by atoms with Crippen molar-refractivity contribution in [2.24, 2.45) is 11.7 Å². The number of hydrogen-bond donors (Lipinski definition) is 1. The van der Waals surface area contributed by atoms with Crippen LogP contribution in [0.5, 0.6) is 0 Å². The molecular formula is C6H12F2N2. The smallest absolute Gasteiger partial charge is 0.251 e. The van der Waals surface area contributed by atoms with E-state index in [1.165, 1.54) is 0 Å². The van der Waals surface area contributed by atoms with Crippen LogP contribution < -0.4 is 5.73 Å². The molecule has 1 aliphatic rings. The van der Waals surface area contributed by atoms with Gasteiger partial charge in [-0.2, -0.15) is 0 Å². The quantitative estimate of drug-likeness (QED) is 0.620. The second kappa shape index (κ2) is 3.25. The van der Waals surface area contributed by atoms with Crippen LogP contribution in [0.3, 0.4) is 0 Å². The van der Waals surface area contributed by atoms with E-state index in [1.807, 2.05) is 0 Å². The van der Waals surface area contributed by atoms with Crippen LogP contribution in [-0.4, -0.2) is 37.5 Å². The molecule has 0 aromatic rings. The van der Waals surface area contributed by atoms with Crippen molar-refractivity contribution in [2.45, 2.75) is 6.43 Å². The van der Waals surface area contributed by atoms with Gasteiger partial charge in [0.2, 0.25) is 0 Å². The van der Waals surface area contributed by atoms with Crippen LogP contribution in [0.15, 0.2) is 0 Å². The number of alkyl halides is 2. The number of likely N-dealkylation sites (tertiary alicyclic amines) is 1. The van der Waals surface area contributed by atoms with Crippen LogP contribution in [0.2, 0.25) is 0 Å². The van der Waals surface area contributed by atoms with E-state index in [1.54, 1.807) is 4.90 Å². The summed E-state index contributed by atoms with van der Waals surface area (Å²) in [7, 11) is 0. The highest BCUT2D eigenvalue weighted by atomic mass is 19.3. The molecule has 0 aliphatic carbocycles. The van der Waals surface area contributed by atoms with E-state index in [2.05, 4.69) is 0 Å². The summed E-state index contributed by atoms with van der Waals surface area (Å²) in [4.78, 5) is 1.72. The fraction of sp³-hybridized carbons (Fsp3) is 1.00. The molecule has 0 saturated carbocycles. The van der Waals surface area contributed by atoms with Gasteiger partial charge >= 0.3 is 0 Å². The van der Waals surface area contributed by atoms with E-state index in [0.717, 1.165) is 13.1 Å². The van der Waals surface area contributed by atoms with E-state index in [4.69, 9.17) is 5.73 Å². The van der Waals surface area contributed by atoms with Gasteiger partial charge in [-0.1, -0.05) is 0 Å². The third-order valence-corrected chi connectivity index (χ3v) is 1.76. The zero-order chi connectivity index (χ0) is 7.56. The average Bonchev–Trinajstić information content (AvgIpc) is 1.76. The fourth-order valence-electron chi connectivity index (χ4n) is 1.17. The molecule has 2 nitrogen and oxygen atoms in total. The summed E-state index contributed by atoms with van der Waals surface area (Å²) in [6, 6.07) is 0. The minimum Gasteiger partial charge on any atom is -0.330 e. The lowest BCUT2D eigenvalue weighted by Crippen LogP contribution is -2.51.